The normalized spacial score (nSPS) is 27.9. The van der Waals surface area contributed by atoms with E-state index in [0.29, 0.717) is 26.1 Å². The Morgan fingerprint density at radius 1 is 1.03 bits per heavy atom. The Balaban J connectivity index is 1.37. The molecule has 1 aromatic carbocycles. The van der Waals surface area contributed by atoms with Crippen molar-refractivity contribution in [2.75, 3.05) is 32.7 Å². The zero-order chi connectivity index (χ0) is 21.1. The van der Waals surface area contributed by atoms with E-state index in [1.807, 2.05) is 42.2 Å². The second-order valence-corrected chi connectivity index (χ2v) is 8.66. The quantitative estimate of drug-likeness (QED) is 0.769. The molecule has 3 aliphatic heterocycles. The van der Waals surface area contributed by atoms with Crippen LogP contribution in [0.15, 0.2) is 30.3 Å². The fourth-order valence-corrected chi connectivity index (χ4v) is 5.07. The summed E-state index contributed by atoms with van der Waals surface area (Å²) in [5.41, 5.74) is 0.719. The molecule has 4 atom stereocenters. The molecule has 3 aliphatic rings. The number of benzene rings is 1. The highest BCUT2D eigenvalue weighted by atomic mass is 16.2. The standard InChI is InChI=1S/C23H32N4O3/c1-2-7-21(28)26-12-6-10-20(26)22(29)24-14-19-16-27(18-11-13-25(19)15-18)23(30)17-8-4-3-5-9-17/h3-5,8-9,18-20H,2,6-7,10-16H2,1H3,(H,24,29)/t18-,19+,20+/m0/s1. The molecule has 0 spiro atoms. The number of nitrogens with zero attached hydrogens (tertiary/aromatic N) is 3. The molecule has 1 N–H and O–H groups in total. The fourth-order valence-electron chi connectivity index (χ4n) is 5.07. The monoisotopic (exact) mass is 412 g/mol. The smallest absolute Gasteiger partial charge is 0.254 e. The predicted molar refractivity (Wildman–Crippen MR) is 114 cm³/mol. The minimum atomic E-state index is -0.346. The maximum Gasteiger partial charge on any atom is 0.254 e. The molecule has 0 saturated carbocycles. The molecule has 3 fully saturated rings. The van der Waals surface area contributed by atoms with Gasteiger partial charge in [-0.05, 0) is 37.8 Å². The molecule has 30 heavy (non-hydrogen) atoms. The van der Waals surface area contributed by atoms with E-state index in [1.165, 1.54) is 0 Å². The first kappa shape index (κ1) is 20.8. The van der Waals surface area contributed by atoms with Crippen LogP contribution in [0.5, 0.6) is 0 Å². The van der Waals surface area contributed by atoms with Gasteiger partial charge in [0.1, 0.15) is 6.04 Å². The summed E-state index contributed by atoms with van der Waals surface area (Å²) in [7, 11) is 0. The van der Waals surface area contributed by atoms with Crippen LogP contribution in [0.3, 0.4) is 0 Å². The van der Waals surface area contributed by atoms with Gasteiger partial charge < -0.3 is 15.1 Å². The Morgan fingerprint density at radius 3 is 2.60 bits per heavy atom. The molecule has 0 aromatic heterocycles. The maximum atomic E-state index is 13.0. The number of hydrogen-bond acceptors (Lipinski definition) is 4. The van der Waals surface area contributed by atoms with E-state index in [9.17, 15) is 14.4 Å². The molecule has 3 heterocycles. The van der Waals surface area contributed by atoms with Crippen molar-refractivity contribution in [2.45, 2.75) is 57.2 Å². The number of rotatable bonds is 6. The summed E-state index contributed by atoms with van der Waals surface area (Å²) in [6.45, 7) is 5.61. The third-order valence-corrected chi connectivity index (χ3v) is 6.69. The van der Waals surface area contributed by atoms with Gasteiger partial charge in [0.2, 0.25) is 11.8 Å². The van der Waals surface area contributed by atoms with E-state index in [4.69, 9.17) is 0 Å². The zero-order valence-corrected chi connectivity index (χ0v) is 17.8. The third-order valence-electron chi connectivity index (χ3n) is 6.69. The van der Waals surface area contributed by atoms with E-state index in [-0.39, 0.29) is 35.8 Å². The highest BCUT2D eigenvalue weighted by molar-refractivity contribution is 5.94. The van der Waals surface area contributed by atoms with Crippen molar-refractivity contribution in [3.05, 3.63) is 35.9 Å². The van der Waals surface area contributed by atoms with Crippen LogP contribution in [-0.2, 0) is 9.59 Å². The lowest BCUT2D eigenvalue weighted by molar-refractivity contribution is -0.138. The molecule has 3 amide bonds. The van der Waals surface area contributed by atoms with Crippen LogP contribution in [0, 0.1) is 0 Å². The van der Waals surface area contributed by atoms with Gasteiger partial charge in [-0.25, -0.2) is 0 Å². The van der Waals surface area contributed by atoms with Gasteiger partial charge in [0.15, 0.2) is 0 Å². The van der Waals surface area contributed by atoms with E-state index >= 15 is 0 Å². The highest BCUT2D eigenvalue weighted by Crippen LogP contribution is 2.26. The molecule has 7 nitrogen and oxygen atoms in total. The lowest BCUT2D eigenvalue weighted by atomic mass is 10.1. The Hall–Kier alpha value is -2.41. The molecular formula is C23H32N4O3. The van der Waals surface area contributed by atoms with Crippen LogP contribution < -0.4 is 5.32 Å². The summed E-state index contributed by atoms with van der Waals surface area (Å²) in [5.74, 6) is 0.0969. The van der Waals surface area contributed by atoms with Crippen molar-refractivity contribution in [1.29, 1.82) is 0 Å². The summed E-state index contributed by atoms with van der Waals surface area (Å²) in [6, 6.07) is 9.45. The lowest BCUT2D eigenvalue weighted by Gasteiger charge is -2.40. The van der Waals surface area contributed by atoms with Gasteiger partial charge in [-0.1, -0.05) is 25.1 Å². The molecule has 1 aromatic rings. The number of carbonyl (C=O) groups is 3. The van der Waals surface area contributed by atoms with E-state index in [1.54, 1.807) is 4.90 Å². The molecule has 2 bridgehead atoms. The van der Waals surface area contributed by atoms with Crippen LogP contribution in [-0.4, -0.2) is 83.3 Å². The summed E-state index contributed by atoms with van der Waals surface area (Å²) in [5, 5.41) is 3.09. The van der Waals surface area contributed by atoms with Gasteiger partial charge >= 0.3 is 0 Å². The fraction of sp³-hybridized carbons (Fsp3) is 0.609. The molecule has 4 rings (SSSR count). The predicted octanol–water partition coefficient (Wildman–Crippen LogP) is 1.49. The number of likely N-dealkylation sites (tertiary alicyclic amines) is 1. The number of amides is 3. The number of nitrogens with one attached hydrogen (secondary N) is 1. The number of hydrogen-bond donors (Lipinski definition) is 1. The Bertz CT molecular complexity index is 784. The largest absolute Gasteiger partial charge is 0.353 e. The van der Waals surface area contributed by atoms with Crippen LogP contribution in [0.25, 0.3) is 0 Å². The third kappa shape index (κ3) is 4.21. The number of carbonyl (C=O) groups excluding carboxylic acids is 3. The van der Waals surface area contributed by atoms with E-state index < -0.39 is 0 Å². The minimum Gasteiger partial charge on any atom is -0.353 e. The molecular weight excluding hydrogens is 380 g/mol. The van der Waals surface area contributed by atoms with Gasteiger partial charge in [-0.2, -0.15) is 0 Å². The summed E-state index contributed by atoms with van der Waals surface area (Å²) >= 11 is 0. The second kappa shape index (κ2) is 9.16. The van der Waals surface area contributed by atoms with Gasteiger partial charge in [0, 0.05) is 56.8 Å². The molecule has 0 radical (unpaired) electrons. The van der Waals surface area contributed by atoms with Gasteiger partial charge in [-0.3, -0.25) is 19.3 Å². The second-order valence-electron chi connectivity index (χ2n) is 8.66. The van der Waals surface area contributed by atoms with Crippen molar-refractivity contribution < 1.29 is 14.4 Å². The molecule has 0 aliphatic carbocycles. The number of piperazine rings is 1. The first-order valence-corrected chi connectivity index (χ1v) is 11.3. The van der Waals surface area contributed by atoms with Crippen LogP contribution in [0.2, 0.25) is 0 Å². The number of fused-ring (bicyclic) bond motifs is 2. The van der Waals surface area contributed by atoms with Crippen molar-refractivity contribution in [3.8, 4) is 0 Å². The van der Waals surface area contributed by atoms with Gasteiger partial charge in [0.25, 0.3) is 5.91 Å². The van der Waals surface area contributed by atoms with Crippen molar-refractivity contribution in [1.82, 2.24) is 20.0 Å². The van der Waals surface area contributed by atoms with E-state index in [2.05, 4.69) is 10.2 Å². The summed E-state index contributed by atoms with van der Waals surface area (Å²) in [4.78, 5) is 44.3. The first-order valence-electron chi connectivity index (χ1n) is 11.3. The Morgan fingerprint density at radius 2 is 1.83 bits per heavy atom. The molecule has 1 unspecified atom stereocenters. The topological polar surface area (TPSA) is 73.0 Å². The van der Waals surface area contributed by atoms with Crippen molar-refractivity contribution in [3.63, 3.8) is 0 Å². The Kier molecular flexibility index (Phi) is 6.37. The summed E-state index contributed by atoms with van der Waals surface area (Å²) < 4.78 is 0. The SMILES string of the molecule is CCCC(=O)N1CCC[C@@H]1C(=O)NC[C@@H]1CN(C(=O)c2ccccc2)[C@H]2CCN1C2. The molecule has 3 saturated heterocycles. The maximum absolute atomic E-state index is 13.0. The van der Waals surface area contributed by atoms with Gasteiger partial charge in [-0.15, -0.1) is 0 Å². The molecule has 7 heteroatoms. The molecule has 162 valence electrons. The average Bonchev–Trinajstić information content (AvgIpc) is 3.42. The van der Waals surface area contributed by atoms with Gasteiger partial charge in [0.05, 0.1) is 0 Å². The summed E-state index contributed by atoms with van der Waals surface area (Å²) in [6.07, 6.45) is 3.89. The highest BCUT2D eigenvalue weighted by Gasteiger charge is 2.41. The van der Waals surface area contributed by atoms with E-state index in [0.717, 1.165) is 44.3 Å². The van der Waals surface area contributed by atoms with Crippen molar-refractivity contribution in [2.24, 2.45) is 0 Å². The zero-order valence-electron chi connectivity index (χ0n) is 17.8. The van der Waals surface area contributed by atoms with Crippen LogP contribution >= 0.6 is 0 Å². The average molecular weight is 413 g/mol. The van der Waals surface area contributed by atoms with Crippen molar-refractivity contribution >= 4 is 17.7 Å². The van der Waals surface area contributed by atoms with Crippen LogP contribution in [0.1, 0.15) is 49.4 Å². The lowest BCUT2D eigenvalue weighted by Crippen LogP contribution is -2.58. The Labute approximate surface area is 178 Å². The first-order chi connectivity index (χ1) is 14.6. The minimum absolute atomic E-state index is 0.0563. The van der Waals surface area contributed by atoms with Crippen LogP contribution in [0.4, 0.5) is 0 Å².